The predicted octanol–water partition coefficient (Wildman–Crippen LogP) is 2.22. The maximum absolute atomic E-state index is 12.5. The van der Waals surface area contributed by atoms with Gasteiger partial charge in [-0.05, 0) is 78.6 Å². The molecule has 0 aliphatic heterocycles. The minimum Gasteiger partial charge on any atom is -0.349 e. The molecule has 2 aromatic rings. The van der Waals surface area contributed by atoms with E-state index in [1.807, 2.05) is 24.3 Å². The molecule has 2 aliphatic rings. The van der Waals surface area contributed by atoms with Crippen LogP contribution < -0.4 is 5.32 Å². The highest BCUT2D eigenvalue weighted by atomic mass is 16.1. The van der Waals surface area contributed by atoms with Crippen LogP contribution in [-0.2, 0) is 0 Å². The Morgan fingerprint density at radius 1 is 1.26 bits per heavy atom. The highest BCUT2D eigenvalue weighted by Crippen LogP contribution is 2.49. The van der Waals surface area contributed by atoms with Gasteiger partial charge in [0.25, 0.3) is 5.91 Å². The van der Waals surface area contributed by atoms with Crippen LogP contribution in [0.5, 0.6) is 0 Å². The second-order valence-electron chi connectivity index (χ2n) is 6.90. The fourth-order valence-corrected chi connectivity index (χ4v) is 4.35. The molecule has 2 aliphatic carbocycles. The van der Waals surface area contributed by atoms with Gasteiger partial charge in [0.2, 0.25) is 0 Å². The summed E-state index contributed by atoms with van der Waals surface area (Å²) < 4.78 is 1.57. The summed E-state index contributed by atoms with van der Waals surface area (Å²) in [5.41, 5.74) is 1.52. The summed E-state index contributed by atoms with van der Waals surface area (Å²) in [6, 6.07) is 7.60. The maximum Gasteiger partial charge on any atom is 0.251 e. The Morgan fingerprint density at radius 3 is 2.70 bits per heavy atom. The topological polar surface area (TPSA) is 72.7 Å². The van der Waals surface area contributed by atoms with Gasteiger partial charge < -0.3 is 5.32 Å². The molecule has 2 fully saturated rings. The first-order valence-electron chi connectivity index (χ1n) is 8.35. The molecule has 0 saturated heterocycles. The first kappa shape index (κ1) is 14.4. The van der Waals surface area contributed by atoms with E-state index in [1.54, 1.807) is 4.68 Å². The number of tetrazole rings is 1. The molecule has 2 saturated carbocycles. The maximum atomic E-state index is 12.5. The fraction of sp³-hybridized carbons (Fsp3) is 0.529. The molecule has 6 heteroatoms. The molecule has 1 aromatic heterocycles. The van der Waals surface area contributed by atoms with Crippen LogP contribution in [0.25, 0.3) is 5.69 Å². The molecule has 4 rings (SSSR count). The lowest BCUT2D eigenvalue weighted by molar-refractivity contribution is 0.0915. The first-order chi connectivity index (χ1) is 11.2. The van der Waals surface area contributed by atoms with Crippen molar-refractivity contribution in [1.82, 2.24) is 25.5 Å². The highest BCUT2D eigenvalue weighted by molar-refractivity contribution is 5.94. The van der Waals surface area contributed by atoms with Crippen molar-refractivity contribution in [2.75, 3.05) is 0 Å². The average Bonchev–Trinajstić information content (AvgIpc) is 3.32. The third kappa shape index (κ3) is 2.73. The summed E-state index contributed by atoms with van der Waals surface area (Å²) in [7, 11) is 0. The molecule has 1 amide bonds. The normalized spacial score (nSPS) is 27.1. The summed E-state index contributed by atoms with van der Waals surface area (Å²) in [5, 5.41) is 14.3. The van der Waals surface area contributed by atoms with Crippen molar-refractivity contribution >= 4 is 5.91 Å². The van der Waals surface area contributed by atoms with Gasteiger partial charge in [-0.2, -0.15) is 0 Å². The Kier molecular flexibility index (Phi) is 3.59. The summed E-state index contributed by atoms with van der Waals surface area (Å²) in [6.07, 6.45) is 6.92. The standard InChI is InChI=1S/C17H21N5O/c1-11(16-9-12-2-3-14(16)8-12)19-17(23)13-4-6-15(7-5-13)22-10-18-20-21-22/h4-7,10-12,14,16H,2-3,8-9H2,1H3,(H,19,23)/t11-,12+,14+,16-/m1/s1. The van der Waals surface area contributed by atoms with Crippen LogP contribution in [-0.4, -0.2) is 32.2 Å². The van der Waals surface area contributed by atoms with Gasteiger partial charge in [0, 0.05) is 11.6 Å². The number of nitrogens with one attached hydrogen (secondary N) is 1. The molecule has 0 unspecified atom stereocenters. The van der Waals surface area contributed by atoms with Gasteiger partial charge >= 0.3 is 0 Å². The molecule has 120 valence electrons. The fourth-order valence-electron chi connectivity index (χ4n) is 4.35. The second-order valence-corrected chi connectivity index (χ2v) is 6.90. The Hall–Kier alpha value is -2.24. The molecular formula is C17H21N5O. The Balaban J connectivity index is 1.41. The molecule has 1 heterocycles. The van der Waals surface area contributed by atoms with Crippen LogP contribution >= 0.6 is 0 Å². The number of nitrogens with zero attached hydrogens (tertiary/aromatic N) is 4. The van der Waals surface area contributed by atoms with Crippen LogP contribution in [0, 0.1) is 17.8 Å². The molecule has 23 heavy (non-hydrogen) atoms. The highest BCUT2D eigenvalue weighted by Gasteiger charge is 2.42. The van der Waals surface area contributed by atoms with E-state index in [1.165, 1.54) is 32.0 Å². The lowest BCUT2D eigenvalue weighted by atomic mass is 9.84. The van der Waals surface area contributed by atoms with Crippen molar-refractivity contribution < 1.29 is 4.79 Å². The summed E-state index contributed by atoms with van der Waals surface area (Å²) in [6.45, 7) is 2.15. The molecule has 0 radical (unpaired) electrons. The Bertz CT molecular complexity index is 682. The number of benzene rings is 1. The Morgan fingerprint density at radius 2 is 2.09 bits per heavy atom. The van der Waals surface area contributed by atoms with E-state index in [-0.39, 0.29) is 11.9 Å². The molecule has 6 nitrogen and oxygen atoms in total. The van der Waals surface area contributed by atoms with Crippen molar-refractivity contribution in [3.05, 3.63) is 36.2 Å². The van der Waals surface area contributed by atoms with Crippen LogP contribution in [0.3, 0.4) is 0 Å². The quantitative estimate of drug-likeness (QED) is 0.939. The van der Waals surface area contributed by atoms with Crippen molar-refractivity contribution in [3.8, 4) is 5.69 Å². The van der Waals surface area contributed by atoms with Crippen LogP contribution in [0.15, 0.2) is 30.6 Å². The first-order valence-corrected chi connectivity index (χ1v) is 8.35. The zero-order valence-corrected chi connectivity index (χ0v) is 13.2. The van der Waals surface area contributed by atoms with Crippen molar-refractivity contribution in [2.24, 2.45) is 17.8 Å². The van der Waals surface area contributed by atoms with Gasteiger partial charge in [-0.1, -0.05) is 6.42 Å². The predicted molar refractivity (Wildman–Crippen MR) is 85.0 cm³/mol. The van der Waals surface area contributed by atoms with Crippen LogP contribution in [0.4, 0.5) is 0 Å². The van der Waals surface area contributed by atoms with E-state index in [9.17, 15) is 4.79 Å². The van der Waals surface area contributed by atoms with E-state index >= 15 is 0 Å². The number of fused-ring (bicyclic) bond motifs is 2. The molecular weight excluding hydrogens is 290 g/mol. The number of hydrogen-bond acceptors (Lipinski definition) is 4. The number of carbonyl (C=O) groups excluding carboxylic acids is 1. The van der Waals surface area contributed by atoms with Crippen LogP contribution in [0.1, 0.15) is 43.0 Å². The summed E-state index contributed by atoms with van der Waals surface area (Å²) in [4.78, 5) is 12.5. The third-order valence-corrected chi connectivity index (χ3v) is 5.54. The van der Waals surface area contributed by atoms with Gasteiger partial charge in [0.15, 0.2) is 0 Å². The minimum absolute atomic E-state index is 0.00328. The van der Waals surface area contributed by atoms with Crippen molar-refractivity contribution in [1.29, 1.82) is 0 Å². The monoisotopic (exact) mass is 311 g/mol. The number of amides is 1. The number of hydrogen-bond donors (Lipinski definition) is 1. The molecule has 1 aromatic carbocycles. The Labute approximate surface area is 135 Å². The van der Waals surface area contributed by atoms with Gasteiger partial charge in [0.1, 0.15) is 6.33 Å². The second kappa shape index (κ2) is 5.76. The average molecular weight is 311 g/mol. The zero-order valence-electron chi connectivity index (χ0n) is 13.2. The zero-order chi connectivity index (χ0) is 15.8. The van der Waals surface area contributed by atoms with Gasteiger partial charge in [-0.25, -0.2) is 4.68 Å². The smallest absolute Gasteiger partial charge is 0.251 e. The van der Waals surface area contributed by atoms with Crippen molar-refractivity contribution in [2.45, 2.75) is 38.6 Å². The number of rotatable bonds is 4. The minimum atomic E-state index is 0.00328. The van der Waals surface area contributed by atoms with Gasteiger partial charge in [-0.3, -0.25) is 4.79 Å². The molecule has 0 spiro atoms. The number of carbonyl (C=O) groups is 1. The largest absolute Gasteiger partial charge is 0.349 e. The molecule has 1 N–H and O–H groups in total. The van der Waals surface area contributed by atoms with E-state index in [2.05, 4.69) is 27.8 Å². The van der Waals surface area contributed by atoms with Crippen molar-refractivity contribution in [3.63, 3.8) is 0 Å². The lowest BCUT2D eigenvalue weighted by Crippen LogP contribution is -2.40. The lowest BCUT2D eigenvalue weighted by Gasteiger charge is -2.28. The van der Waals surface area contributed by atoms with E-state index in [0.717, 1.165) is 17.5 Å². The molecule has 2 bridgehead atoms. The van der Waals surface area contributed by atoms with Crippen LogP contribution in [0.2, 0.25) is 0 Å². The van der Waals surface area contributed by atoms with Gasteiger partial charge in [-0.15, -0.1) is 5.10 Å². The molecule has 4 atom stereocenters. The van der Waals surface area contributed by atoms with E-state index in [0.29, 0.717) is 11.5 Å². The summed E-state index contributed by atoms with van der Waals surface area (Å²) in [5.74, 6) is 2.37. The van der Waals surface area contributed by atoms with E-state index < -0.39 is 0 Å². The third-order valence-electron chi connectivity index (χ3n) is 5.54. The van der Waals surface area contributed by atoms with Gasteiger partial charge in [0.05, 0.1) is 5.69 Å². The number of aromatic nitrogens is 4. The SMILES string of the molecule is C[C@@H](NC(=O)c1ccc(-n2cnnn2)cc1)[C@H]1C[C@H]2CC[C@H]1C2. The summed E-state index contributed by atoms with van der Waals surface area (Å²) >= 11 is 0. The van der Waals surface area contributed by atoms with E-state index in [4.69, 9.17) is 0 Å².